The van der Waals surface area contributed by atoms with Gasteiger partial charge in [-0.25, -0.2) is 4.79 Å². The molecule has 0 spiro atoms. The summed E-state index contributed by atoms with van der Waals surface area (Å²) >= 11 is 0. The Balaban J connectivity index is 1.26. The number of carbonyl (C=O) groups is 2. The van der Waals surface area contributed by atoms with Crippen LogP contribution in [0, 0.1) is 0 Å². The molecule has 1 fully saturated rings. The second-order valence-electron chi connectivity index (χ2n) is 9.70. The summed E-state index contributed by atoms with van der Waals surface area (Å²) in [6.07, 6.45) is 3.44. The first kappa shape index (κ1) is 23.9. The fraction of sp³-hybridized carbons (Fsp3) is 0.226. The largest absolute Gasteiger partial charge is 0.464 e. The van der Waals surface area contributed by atoms with Gasteiger partial charge in [-0.15, -0.1) is 0 Å². The van der Waals surface area contributed by atoms with Gasteiger partial charge in [0.2, 0.25) is 5.91 Å². The molecule has 0 saturated carbocycles. The first-order valence-corrected chi connectivity index (χ1v) is 12.9. The number of ether oxygens (including phenoxy) is 1. The molecule has 2 aromatic heterocycles. The van der Waals surface area contributed by atoms with Crippen LogP contribution in [0.3, 0.4) is 0 Å². The monoisotopic (exact) mass is 507 g/mol. The van der Waals surface area contributed by atoms with Gasteiger partial charge in [-0.3, -0.25) is 9.69 Å². The summed E-state index contributed by atoms with van der Waals surface area (Å²) in [6.45, 7) is 2.93. The molecule has 7 nitrogen and oxygen atoms in total. The maximum absolute atomic E-state index is 14.0. The third-order valence-electron chi connectivity index (χ3n) is 7.51. The van der Waals surface area contributed by atoms with Crippen LogP contribution in [0.5, 0.6) is 0 Å². The van der Waals surface area contributed by atoms with Gasteiger partial charge in [-0.05, 0) is 30.2 Å². The van der Waals surface area contributed by atoms with E-state index in [2.05, 4.69) is 4.98 Å². The highest BCUT2D eigenvalue weighted by Crippen LogP contribution is 2.29. The maximum Gasteiger partial charge on any atom is 0.410 e. The Bertz CT molecular complexity index is 1590. The van der Waals surface area contributed by atoms with Crippen LogP contribution < -0.4 is 0 Å². The summed E-state index contributed by atoms with van der Waals surface area (Å²) in [5.74, 6) is -0.0800. The van der Waals surface area contributed by atoms with Crippen molar-refractivity contribution in [3.05, 3.63) is 108 Å². The van der Waals surface area contributed by atoms with Gasteiger partial charge in [0.15, 0.2) is 0 Å². The molecule has 38 heavy (non-hydrogen) atoms. The van der Waals surface area contributed by atoms with E-state index in [1.807, 2.05) is 96.9 Å². The Kier molecular flexibility index (Phi) is 6.33. The zero-order valence-electron chi connectivity index (χ0n) is 21.2. The minimum absolute atomic E-state index is 0.0739. The zero-order valence-corrected chi connectivity index (χ0v) is 21.2. The Hall–Kier alpha value is -4.52. The van der Waals surface area contributed by atoms with Gasteiger partial charge >= 0.3 is 6.09 Å². The van der Waals surface area contributed by atoms with Crippen molar-refractivity contribution in [1.29, 1.82) is 0 Å². The highest BCUT2D eigenvalue weighted by atomic mass is 16.6. The number of H-pyrrole nitrogens is 1. The Labute approximate surface area is 220 Å². The highest BCUT2D eigenvalue weighted by molar-refractivity contribution is 5.89. The van der Waals surface area contributed by atoms with Gasteiger partial charge in [0.05, 0.1) is 12.3 Å². The van der Waals surface area contributed by atoms with Crippen LogP contribution >= 0.6 is 0 Å². The van der Waals surface area contributed by atoms with E-state index in [4.69, 9.17) is 9.15 Å². The molecule has 0 radical (unpaired) electrons. The van der Waals surface area contributed by atoms with Crippen molar-refractivity contribution >= 4 is 33.9 Å². The number of carbonyl (C=O) groups excluding carboxylic acids is 2. The van der Waals surface area contributed by atoms with Crippen molar-refractivity contribution in [2.45, 2.75) is 32.0 Å². The molecule has 1 saturated heterocycles. The molecule has 2 atom stereocenters. The lowest BCUT2D eigenvalue weighted by atomic mass is 9.98. The fourth-order valence-electron chi connectivity index (χ4n) is 5.39. The standard InChI is InChI=1S/C31H29N3O4/c1-21(22-9-3-2-4-10-22)33-15-16-34(31(36)38-20-24-19-37-29-14-8-6-12-26(24)29)28(30(33)35)17-23-18-32-27-13-7-5-11-25(23)27/h2-14,18-19,21,28,32H,15-17,20H2,1H3/t21-,28+/m0/s1. The fourth-order valence-corrected chi connectivity index (χ4v) is 5.39. The van der Waals surface area contributed by atoms with E-state index in [-0.39, 0.29) is 18.6 Å². The normalized spacial score (nSPS) is 16.8. The number of nitrogens with zero attached hydrogens (tertiary/aromatic N) is 2. The molecule has 192 valence electrons. The molecule has 0 bridgehead atoms. The Morgan fingerprint density at radius 2 is 1.71 bits per heavy atom. The highest BCUT2D eigenvalue weighted by Gasteiger charge is 2.40. The molecular formula is C31H29N3O4. The number of nitrogens with one attached hydrogen (secondary N) is 1. The number of rotatable bonds is 6. The van der Waals surface area contributed by atoms with Gasteiger partial charge in [0, 0.05) is 47.6 Å². The van der Waals surface area contributed by atoms with E-state index >= 15 is 0 Å². The van der Waals surface area contributed by atoms with Crippen LogP contribution in [0.1, 0.15) is 29.7 Å². The van der Waals surface area contributed by atoms with Crippen molar-refractivity contribution < 1.29 is 18.7 Å². The van der Waals surface area contributed by atoms with E-state index in [0.717, 1.165) is 38.6 Å². The second-order valence-corrected chi connectivity index (χ2v) is 9.70. The number of furan rings is 1. The van der Waals surface area contributed by atoms with Crippen molar-refractivity contribution in [3.63, 3.8) is 0 Å². The van der Waals surface area contributed by atoms with Gasteiger partial charge in [0.25, 0.3) is 0 Å². The summed E-state index contributed by atoms with van der Waals surface area (Å²) in [7, 11) is 0. The number of piperazine rings is 1. The summed E-state index contributed by atoms with van der Waals surface area (Å²) < 4.78 is 11.3. The van der Waals surface area contributed by atoms with Crippen LogP contribution in [-0.2, 0) is 22.6 Å². The number of para-hydroxylation sites is 2. The minimum Gasteiger partial charge on any atom is -0.464 e. The summed E-state index contributed by atoms with van der Waals surface area (Å²) in [4.78, 5) is 34.1. The van der Waals surface area contributed by atoms with Gasteiger partial charge < -0.3 is 19.0 Å². The quantitative estimate of drug-likeness (QED) is 0.303. The average Bonchev–Trinajstić information content (AvgIpc) is 3.57. The lowest BCUT2D eigenvalue weighted by Gasteiger charge is -2.42. The van der Waals surface area contributed by atoms with Gasteiger partial charge in [-0.1, -0.05) is 66.7 Å². The van der Waals surface area contributed by atoms with E-state index in [1.54, 1.807) is 11.2 Å². The first-order chi connectivity index (χ1) is 18.6. The van der Waals surface area contributed by atoms with Crippen molar-refractivity contribution in [3.8, 4) is 0 Å². The van der Waals surface area contributed by atoms with Crippen LogP contribution in [0.25, 0.3) is 21.9 Å². The Morgan fingerprint density at radius 1 is 0.974 bits per heavy atom. The minimum atomic E-state index is -0.678. The van der Waals surface area contributed by atoms with Gasteiger partial charge in [0.1, 0.15) is 18.2 Å². The molecule has 3 heterocycles. The molecule has 7 heteroatoms. The summed E-state index contributed by atoms with van der Waals surface area (Å²) in [6, 6.07) is 24.8. The first-order valence-electron chi connectivity index (χ1n) is 12.9. The van der Waals surface area contributed by atoms with Crippen molar-refractivity contribution in [2.24, 2.45) is 0 Å². The van der Waals surface area contributed by atoms with Crippen LogP contribution in [0.4, 0.5) is 4.79 Å². The summed E-state index contributed by atoms with van der Waals surface area (Å²) in [5.41, 5.74) is 4.60. The maximum atomic E-state index is 14.0. The number of aromatic nitrogens is 1. The molecule has 5 aromatic rings. The van der Waals surface area contributed by atoms with E-state index in [0.29, 0.717) is 19.5 Å². The number of fused-ring (bicyclic) bond motifs is 2. The predicted molar refractivity (Wildman–Crippen MR) is 145 cm³/mol. The zero-order chi connectivity index (χ0) is 26.1. The smallest absolute Gasteiger partial charge is 0.410 e. The lowest BCUT2D eigenvalue weighted by molar-refractivity contribution is -0.143. The summed E-state index contributed by atoms with van der Waals surface area (Å²) in [5, 5.41) is 1.96. The molecular weight excluding hydrogens is 478 g/mol. The molecule has 0 aliphatic carbocycles. The SMILES string of the molecule is C[C@@H](c1ccccc1)N1CCN(C(=O)OCc2coc3ccccc23)[C@H](Cc2c[nH]c3ccccc23)C1=O. The number of amides is 2. The number of hydrogen-bond donors (Lipinski definition) is 1. The third kappa shape index (κ3) is 4.41. The molecule has 0 unspecified atom stereocenters. The van der Waals surface area contributed by atoms with Crippen LogP contribution in [0.2, 0.25) is 0 Å². The number of benzene rings is 3. The number of hydrogen-bond acceptors (Lipinski definition) is 4. The van der Waals surface area contributed by atoms with Crippen LogP contribution in [0.15, 0.2) is 95.7 Å². The Morgan fingerprint density at radius 3 is 2.55 bits per heavy atom. The molecule has 6 rings (SSSR count). The van der Waals surface area contributed by atoms with Crippen molar-refractivity contribution in [2.75, 3.05) is 13.1 Å². The molecule has 2 amide bonds. The molecule has 3 aromatic carbocycles. The molecule has 1 aliphatic heterocycles. The number of aromatic amines is 1. The lowest BCUT2D eigenvalue weighted by Crippen LogP contribution is -2.59. The van der Waals surface area contributed by atoms with Crippen LogP contribution in [-0.4, -0.2) is 45.9 Å². The van der Waals surface area contributed by atoms with E-state index < -0.39 is 12.1 Å². The topological polar surface area (TPSA) is 78.8 Å². The molecule has 1 aliphatic rings. The predicted octanol–water partition coefficient (Wildman–Crippen LogP) is 6.07. The third-order valence-corrected chi connectivity index (χ3v) is 7.51. The van der Waals surface area contributed by atoms with Gasteiger partial charge in [-0.2, -0.15) is 0 Å². The second kappa shape index (κ2) is 10.1. The molecule has 1 N–H and O–H groups in total. The van der Waals surface area contributed by atoms with E-state index in [1.165, 1.54) is 0 Å². The van der Waals surface area contributed by atoms with Crippen molar-refractivity contribution in [1.82, 2.24) is 14.8 Å². The van der Waals surface area contributed by atoms with E-state index in [9.17, 15) is 9.59 Å². The average molecular weight is 508 g/mol.